The molecular weight excluding hydrogens is 416 g/mol. The van der Waals surface area contributed by atoms with Crippen LogP contribution in [0.2, 0.25) is 0 Å². The van der Waals surface area contributed by atoms with Crippen molar-refractivity contribution in [3.05, 3.63) is 52.0 Å². The third-order valence-electron chi connectivity index (χ3n) is 7.00. The van der Waals surface area contributed by atoms with Gasteiger partial charge in [-0.1, -0.05) is 51.0 Å². The van der Waals surface area contributed by atoms with Crippen molar-refractivity contribution in [2.45, 2.75) is 77.4 Å². The van der Waals surface area contributed by atoms with E-state index in [-0.39, 0.29) is 6.03 Å². The lowest BCUT2D eigenvalue weighted by atomic mass is 9.96. The van der Waals surface area contributed by atoms with E-state index >= 15 is 0 Å². The molecule has 5 nitrogen and oxygen atoms in total. The summed E-state index contributed by atoms with van der Waals surface area (Å²) in [7, 11) is 0. The lowest BCUT2D eigenvalue weighted by Gasteiger charge is -2.35. The Morgan fingerprint density at radius 1 is 1.12 bits per heavy atom. The van der Waals surface area contributed by atoms with Gasteiger partial charge < -0.3 is 10.2 Å². The van der Waals surface area contributed by atoms with Crippen molar-refractivity contribution in [3.8, 4) is 0 Å². The molecule has 0 spiro atoms. The number of hydrogen-bond donors (Lipinski definition) is 1. The van der Waals surface area contributed by atoms with Gasteiger partial charge in [0.25, 0.3) is 0 Å². The van der Waals surface area contributed by atoms with E-state index in [1.807, 2.05) is 11.1 Å². The van der Waals surface area contributed by atoms with Crippen molar-refractivity contribution in [2.75, 3.05) is 19.6 Å². The number of nitrogens with zero attached hydrogens (tertiary/aromatic N) is 3. The second-order valence-electron chi connectivity index (χ2n) is 9.85. The lowest BCUT2D eigenvalue weighted by Crippen LogP contribution is -2.48. The van der Waals surface area contributed by atoms with Gasteiger partial charge in [-0.05, 0) is 48.6 Å². The van der Waals surface area contributed by atoms with Crippen LogP contribution in [0.15, 0.2) is 35.8 Å². The van der Waals surface area contributed by atoms with Gasteiger partial charge in [0, 0.05) is 43.8 Å². The molecule has 174 valence electrons. The van der Waals surface area contributed by atoms with E-state index in [0.717, 1.165) is 58.4 Å². The van der Waals surface area contributed by atoms with Gasteiger partial charge in [0.15, 0.2) is 0 Å². The van der Waals surface area contributed by atoms with Crippen molar-refractivity contribution >= 4 is 17.4 Å². The van der Waals surface area contributed by atoms with Crippen molar-refractivity contribution in [1.82, 2.24) is 20.1 Å². The second kappa shape index (κ2) is 11.3. The van der Waals surface area contributed by atoms with Gasteiger partial charge in [0.05, 0.1) is 6.54 Å². The second-order valence-corrected chi connectivity index (χ2v) is 10.8. The number of urea groups is 1. The van der Waals surface area contributed by atoms with Gasteiger partial charge in [-0.3, -0.25) is 4.90 Å². The van der Waals surface area contributed by atoms with Gasteiger partial charge in [0.1, 0.15) is 5.01 Å². The molecule has 1 saturated heterocycles. The van der Waals surface area contributed by atoms with Crippen molar-refractivity contribution in [2.24, 2.45) is 5.92 Å². The molecule has 2 amide bonds. The predicted molar refractivity (Wildman–Crippen MR) is 132 cm³/mol. The molecule has 2 aliphatic rings. The van der Waals surface area contributed by atoms with E-state index in [4.69, 9.17) is 0 Å². The minimum atomic E-state index is 0.153. The standard InChI is InChI=1S/C26H38N4OS/c1-20(2)23-9-7-21(8-10-23)17-29(19-25-27-13-16-32-25)18-22-11-14-30(15-12-22)26(31)28-24-5-3-4-6-24/h7-10,13,16,20,22,24H,3-6,11-12,14-15,17-19H2,1-2H3,(H,28,31). The largest absolute Gasteiger partial charge is 0.335 e. The van der Waals surface area contributed by atoms with E-state index < -0.39 is 0 Å². The summed E-state index contributed by atoms with van der Waals surface area (Å²) in [5.74, 6) is 1.19. The molecule has 1 aliphatic carbocycles. The first-order chi connectivity index (χ1) is 15.6. The summed E-state index contributed by atoms with van der Waals surface area (Å²) >= 11 is 1.74. The highest BCUT2D eigenvalue weighted by molar-refractivity contribution is 7.09. The molecule has 2 heterocycles. The summed E-state index contributed by atoms with van der Waals surface area (Å²) in [6.45, 7) is 9.12. The minimum Gasteiger partial charge on any atom is -0.335 e. The molecule has 32 heavy (non-hydrogen) atoms. The Labute approximate surface area is 197 Å². The molecule has 2 fully saturated rings. The number of piperidine rings is 1. The van der Waals surface area contributed by atoms with Crippen LogP contribution in [0.25, 0.3) is 0 Å². The fourth-order valence-electron chi connectivity index (χ4n) is 4.99. The number of carbonyl (C=O) groups is 1. The Morgan fingerprint density at radius 3 is 2.47 bits per heavy atom. The van der Waals surface area contributed by atoms with Crippen molar-refractivity contribution in [1.29, 1.82) is 0 Å². The molecule has 0 radical (unpaired) electrons. The molecule has 1 aliphatic heterocycles. The van der Waals surface area contributed by atoms with Crippen LogP contribution in [0, 0.1) is 5.92 Å². The lowest BCUT2D eigenvalue weighted by molar-refractivity contribution is 0.139. The van der Waals surface area contributed by atoms with Gasteiger partial charge in [0.2, 0.25) is 0 Å². The number of benzene rings is 1. The smallest absolute Gasteiger partial charge is 0.317 e. The van der Waals surface area contributed by atoms with Gasteiger partial charge in [-0.15, -0.1) is 11.3 Å². The van der Waals surface area contributed by atoms with Crippen LogP contribution in [0.3, 0.4) is 0 Å². The molecule has 1 saturated carbocycles. The van der Waals surface area contributed by atoms with Crippen LogP contribution in [0.5, 0.6) is 0 Å². The molecule has 1 N–H and O–H groups in total. The molecule has 0 bridgehead atoms. The van der Waals surface area contributed by atoms with E-state index in [1.54, 1.807) is 11.3 Å². The fourth-order valence-corrected chi connectivity index (χ4v) is 5.65. The Morgan fingerprint density at radius 2 is 1.84 bits per heavy atom. The van der Waals surface area contributed by atoms with Crippen molar-refractivity contribution < 1.29 is 4.79 Å². The maximum Gasteiger partial charge on any atom is 0.317 e. The average molecular weight is 455 g/mol. The summed E-state index contributed by atoms with van der Waals surface area (Å²) in [6.07, 6.45) is 8.86. The first-order valence-corrected chi connectivity index (χ1v) is 13.2. The van der Waals surface area contributed by atoms with Crippen LogP contribution in [-0.4, -0.2) is 46.5 Å². The van der Waals surface area contributed by atoms with E-state index in [0.29, 0.717) is 17.9 Å². The Bertz CT molecular complexity index is 822. The molecular formula is C26H38N4OS. The molecule has 6 heteroatoms. The number of amides is 2. The summed E-state index contributed by atoms with van der Waals surface area (Å²) in [5.41, 5.74) is 2.75. The molecule has 0 atom stereocenters. The van der Waals surface area contributed by atoms with Crippen molar-refractivity contribution in [3.63, 3.8) is 0 Å². The monoisotopic (exact) mass is 454 g/mol. The maximum absolute atomic E-state index is 12.6. The number of nitrogens with one attached hydrogen (secondary N) is 1. The summed E-state index contributed by atoms with van der Waals surface area (Å²) in [5, 5.41) is 6.49. The highest BCUT2D eigenvalue weighted by Crippen LogP contribution is 2.23. The van der Waals surface area contributed by atoms with E-state index in [1.165, 1.54) is 29.0 Å². The molecule has 0 unspecified atom stereocenters. The molecule has 2 aromatic rings. The maximum atomic E-state index is 12.6. The van der Waals surface area contributed by atoms with Crippen LogP contribution in [0.4, 0.5) is 4.79 Å². The Balaban J connectivity index is 1.31. The molecule has 1 aromatic carbocycles. The van der Waals surface area contributed by atoms with Gasteiger partial charge >= 0.3 is 6.03 Å². The molecule has 1 aromatic heterocycles. The first kappa shape index (κ1) is 23.2. The zero-order valence-electron chi connectivity index (χ0n) is 19.6. The normalized spacial score (nSPS) is 18.1. The Hall–Kier alpha value is -1.92. The van der Waals surface area contributed by atoms with Gasteiger partial charge in [-0.25, -0.2) is 9.78 Å². The fraction of sp³-hybridized carbons (Fsp3) is 0.615. The number of hydrogen-bond acceptors (Lipinski definition) is 4. The number of aromatic nitrogens is 1. The van der Waals surface area contributed by atoms with Crippen LogP contribution < -0.4 is 5.32 Å². The van der Waals surface area contributed by atoms with E-state index in [9.17, 15) is 4.79 Å². The number of rotatable bonds is 8. The molecule has 4 rings (SSSR count). The SMILES string of the molecule is CC(C)c1ccc(CN(Cc2nccs2)CC2CCN(C(=O)NC3CCCC3)CC2)cc1. The topological polar surface area (TPSA) is 48.5 Å². The first-order valence-electron chi connectivity index (χ1n) is 12.3. The highest BCUT2D eigenvalue weighted by Gasteiger charge is 2.26. The number of thiazole rings is 1. The third kappa shape index (κ3) is 6.55. The summed E-state index contributed by atoms with van der Waals surface area (Å²) < 4.78 is 0. The summed E-state index contributed by atoms with van der Waals surface area (Å²) in [6, 6.07) is 9.64. The van der Waals surface area contributed by atoms with Gasteiger partial charge in [-0.2, -0.15) is 0 Å². The average Bonchev–Trinajstić information content (AvgIpc) is 3.49. The number of likely N-dealkylation sites (tertiary alicyclic amines) is 1. The zero-order valence-corrected chi connectivity index (χ0v) is 20.4. The highest BCUT2D eigenvalue weighted by atomic mass is 32.1. The van der Waals surface area contributed by atoms with E-state index in [2.05, 4.69) is 58.7 Å². The van der Waals surface area contributed by atoms with Crippen LogP contribution in [0.1, 0.15) is 74.4 Å². The Kier molecular flexibility index (Phi) is 8.20. The minimum absolute atomic E-state index is 0.153. The third-order valence-corrected chi connectivity index (χ3v) is 7.76. The van der Waals surface area contributed by atoms with Crippen LogP contribution >= 0.6 is 11.3 Å². The quantitative estimate of drug-likeness (QED) is 0.562. The predicted octanol–water partition coefficient (Wildman–Crippen LogP) is 5.63. The zero-order chi connectivity index (χ0) is 22.3. The number of carbonyl (C=O) groups excluding carboxylic acids is 1. The van der Waals surface area contributed by atoms with Crippen LogP contribution in [-0.2, 0) is 13.1 Å². The summed E-state index contributed by atoms with van der Waals surface area (Å²) in [4.78, 5) is 21.7.